The van der Waals surface area contributed by atoms with E-state index in [9.17, 15) is 0 Å². The van der Waals surface area contributed by atoms with Crippen molar-refractivity contribution in [3.8, 4) is 0 Å². The second-order valence-electron chi connectivity index (χ2n) is 10.2. The number of nitrogens with two attached hydrogens (primary N) is 1. The largest absolute Gasteiger partial charge is 0.328 e. The molecule has 0 heterocycles. The Morgan fingerprint density at radius 1 is 0.783 bits per heavy atom. The lowest BCUT2D eigenvalue weighted by Gasteiger charge is -2.42. The Morgan fingerprint density at radius 3 is 1.74 bits per heavy atom. The molecule has 0 amide bonds. The molecular weight excluding hydrogens is 280 g/mol. The van der Waals surface area contributed by atoms with Gasteiger partial charge in [0.15, 0.2) is 0 Å². The van der Waals surface area contributed by atoms with Gasteiger partial charge in [-0.3, -0.25) is 0 Å². The maximum absolute atomic E-state index is 6.10. The van der Waals surface area contributed by atoms with Crippen LogP contribution >= 0.6 is 0 Å². The first-order valence-electron chi connectivity index (χ1n) is 10.0. The number of nitrogens with zero attached hydrogens (tertiary/aromatic N) is 1. The molecule has 0 aromatic rings. The molecule has 2 aliphatic carbocycles. The second-order valence-corrected chi connectivity index (χ2v) is 10.2. The van der Waals surface area contributed by atoms with Gasteiger partial charge in [-0.2, -0.15) is 0 Å². The van der Waals surface area contributed by atoms with Gasteiger partial charge >= 0.3 is 0 Å². The molecule has 2 heteroatoms. The fourth-order valence-electron chi connectivity index (χ4n) is 5.09. The standard InChI is InChI=1S/C21H42N2/c1-20(2,16-7-10-18(22)11-8-16)13-14-21(3,4)17-9-12-19(15-17)23(5)6/h16-19H,7-15,22H2,1-6H3. The third-order valence-electron chi connectivity index (χ3n) is 7.53. The molecule has 2 unspecified atom stereocenters. The van der Waals surface area contributed by atoms with Crippen LogP contribution < -0.4 is 5.73 Å². The summed E-state index contributed by atoms with van der Waals surface area (Å²) in [5.41, 5.74) is 7.08. The topological polar surface area (TPSA) is 29.3 Å². The molecule has 2 rings (SSSR count). The molecule has 0 spiro atoms. The van der Waals surface area contributed by atoms with Crippen molar-refractivity contribution in [1.29, 1.82) is 0 Å². The minimum Gasteiger partial charge on any atom is -0.328 e. The van der Waals surface area contributed by atoms with Gasteiger partial charge in [0, 0.05) is 12.1 Å². The van der Waals surface area contributed by atoms with Crippen LogP contribution in [0.15, 0.2) is 0 Å². The zero-order chi connectivity index (χ0) is 17.3. The summed E-state index contributed by atoms with van der Waals surface area (Å²) in [6.07, 6.45) is 12.2. The summed E-state index contributed by atoms with van der Waals surface area (Å²) in [5, 5.41) is 0. The van der Waals surface area contributed by atoms with E-state index in [0.717, 1.165) is 17.9 Å². The highest BCUT2D eigenvalue weighted by molar-refractivity contribution is 4.91. The van der Waals surface area contributed by atoms with Gasteiger partial charge in [0.05, 0.1) is 0 Å². The van der Waals surface area contributed by atoms with Crippen molar-refractivity contribution in [2.75, 3.05) is 14.1 Å². The molecule has 23 heavy (non-hydrogen) atoms. The highest BCUT2D eigenvalue weighted by Gasteiger charge is 2.39. The lowest BCUT2D eigenvalue weighted by atomic mass is 9.64. The van der Waals surface area contributed by atoms with Crippen LogP contribution in [0.25, 0.3) is 0 Å². The summed E-state index contributed by atoms with van der Waals surface area (Å²) < 4.78 is 0. The smallest absolute Gasteiger partial charge is 0.00921 e. The molecule has 136 valence electrons. The molecule has 2 saturated carbocycles. The predicted octanol–water partition coefficient (Wildman–Crippen LogP) is 5.07. The Bertz CT molecular complexity index is 364. The van der Waals surface area contributed by atoms with Crippen LogP contribution in [0.4, 0.5) is 0 Å². The first-order chi connectivity index (χ1) is 10.6. The average Bonchev–Trinajstić information content (AvgIpc) is 2.97. The highest BCUT2D eigenvalue weighted by Crippen LogP contribution is 2.48. The van der Waals surface area contributed by atoms with E-state index in [4.69, 9.17) is 5.73 Å². The zero-order valence-electron chi connectivity index (χ0n) is 16.7. The Kier molecular flexibility index (Phi) is 6.22. The van der Waals surface area contributed by atoms with E-state index in [1.165, 1.54) is 57.8 Å². The van der Waals surface area contributed by atoms with Crippen LogP contribution in [0.1, 0.15) is 85.5 Å². The van der Waals surface area contributed by atoms with Gasteiger partial charge in [-0.15, -0.1) is 0 Å². The molecule has 0 aromatic carbocycles. The summed E-state index contributed by atoms with van der Waals surface area (Å²) in [5.74, 6) is 1.79. The minimum atomic E-state index is 0.472. The van der Waals surface area contributed by atoms with Gasteiger partial charge < -0.3 is 10.6 Å². The Balaban J connectivity index is 1.85. The van der Waals surface area contributed by atoms with Gasteiger partial charge in [-0.05, 0) is 94.5 Å². The predicted molar refractivity (Wildman–Crippen MR) is 102 cm³/mol. The summed E-state index contributed by atoms with van der Waals surface area (Å²) in [7, 11) is 4.49. The molecule has 2 atom stereocenters. The van der Waals surface area contributed by atoms with Gasteiger partial charge in [0.25, 0.3) is 0 Å². The van der Waals surface area contributed by atoms with E-state index in [1.54, 1.807) is 0 Å². The van der Waals surface area contributed by atoms with E-state index in [1.807, 2.05) is 0 Å². The Labute approximate surface area is 145 Å². The van der Waals surface area contributed by atoms with Gasteiger partial charge in [0.2, 0.25) is 0 Å². The van der Waals surface area contributed by atoms with Crippen molar-refractivity contribution < 1.29 is 0 Å². The summed E-state index contributed by atoms with van der Waals surface area (Å²) in [4.78, 5) is 2.44. The molecule has 2 fully saturated rings. The van der Waals surface area contributed by atoms with Gasteiger partial charge in [-0.1, -0.05) is 27.7 Å². The normalized spacial score (nSPS) is 33.4. The maximum atomic E-state index is 6.10. The molecule has 0 aromatic heterocycles. The fraction of sp³-hybridized carbons (Fsp3) is 1.00. The number of hydrogen-bond acceptors (Lipinski definition) is 2. The van der Waals surface area contributed by atoms with Crippen LogP contribution in [-0.2, 0) is 0 Å². The van der Waals surface area contributed by atoms with Crippen LogP contribution in [0.5, 0.6) is 0 Å². The van der Waals surface area contributed by atoms with E-state index >= 15 is 0 Å². The van der Waals surface area contributed by atoms with Crippen molar-refractivity contribution >= 4 is 0 Å². The average molecular weight is 323 g/mol. The molecule has 2 nitrogen and oxygen atoms in total. The molecule has 2 aliphatic rings. The quantitative estimate of drug-likeness (QED) is 0.740. The molecular formula is C21H42N2. The SMILES string of the molecule is CN(C)C1CCC(C(C)(C)CCC(C)(C)C2CCC(N)CC2)C1. The summed E-state index contributed by atoms with van der Waals surface area (Å²) in [6, 6.07) is 1.28. The molecule has 2 N–H and O–H groups in total. The van der Waals surface area contributed by atoms with Crippen LogP contribution in [0, 0.1) is 22.7 Å². The third kappa shape index (κ3) is 4.95. The minimum absolute atomic E-state index is 0.472. The number of hydrogen-bond donors (Lipinski definition) is 1. The first-order valence-corrected chi connectivity index (χ1v) is 10.0. The molecule has 0 aliphatic heterocycles. The van der Waals surface area contributed by atoms with Crippen molar-refractivity contribution in [2.24, 2.45) is 28.4 Å². The number of rotatable bonds is 6. The van der Waals surface area contributed by atoms with Crippen molar-refractivity contribution in [2.45, 2.75) is 97.6 Å². The van der Waals surface area contributed by atoms with Crippen LogP contribution in [0.2, 0.25) is 0 Å². The van der Waals surface area contributed by atoms with Crippen molar-refractivity contribution in [1.82, 2.24) is 4.90 Å². The van der Waals surface area contributed by atoms with E-state index in [-0.39, 0.29) is 0 Å². The van der Waals surface area contributed by atoms with E-state index in [2.05, 4.69) is 46.7 Å². The molecule has 0 saturated heterocycles. The van der Waals surface area contributed by atoms with Crippen molar-refractivity contribution in [3.05, 3.63) is 0 Å². The second kappa shape index (κ2) is 7.44. The lowest BCUT2D eigenvalue weighted by Crippen LogP contribution is -2.35. The summed E-state index contributed by atoms with van der Waals surface area (Å²) in [6.45, 7) is 10.1. The zero-order valence-corrected chi connectivity index (χ0v) is 16.7. The summed E-state index contributed by atoms with van der Waals surface area (Å²) >= 11 is 0. The first kappa shape index (κ1) is 19.2. The lowest BCUT2D eigenvalue weighted by molar-refractivity contribution is 0.0968. The third-order valence-corrected chi connectivity index (χ3v) is 7.53. The van der Waals surface area contributed by atoms with E-state index < -0.39 is 0 Å². The molecule has 0 radical (unpaired) electrons. The highest BCUT2D eigenvalue weighted by atomic mass is 15.1. The van der Waals surface area contributed by atoms with Crippen LogP contribution in [0.3, 0.4) is 0 Å². The Morgan fingerprint density at radius 2 is 1.26 bits per heavy atom. The molecule has 0 bridgehead atoms. The maximum Gasteiger partial charge on any atom is 0.00921 e. The van der Waals surface area contributed by atoms with Crippen LogP contribution in [-0.4, -0.2) is 31.1 Å². The van der Waals surface area contributed by atoms with Gasteiger partial charge in [-0.25, -0.2) is 0 Å². The van der Waals surface area contributed by atoms with E-state index in [0.29, 0.717) is 16.9 Å². The fourth-order valence-corrected chi connectivity index (χ4v) is 5.09. The van der Waals surface area contributed by atoms with Gasteiger partial charge in [0.1, 0.15) is 0 Å². The Hall–Kier alpha value is -0.0800. The van der Waals surface area contributed by atoms with Crippen molar-refractivity contribution in [3.63, 3.8) is 0 Å². The monoisotopic (exact) mass is 322 g/mol.